The first kappa shape index (κ1) is 16.3. The number of rotatable bonds is 0. The van der Waals surface area contributed by atoms with Crippen LogP contribution >= 0.6 is 69.6 Å². The molecule has 0 aromatic rings. The lowest BCUT2D eigenvalue weighted by Crippen LogP contribution is -2.16. The van der Waals surface area contributed by atoms with E-state index in [0.29, 0.717) is 0 Å². The molecule has 0 fully saturated rings. The number of aliphatic carboxylic acids is 1. The number of carboxylic acid groups (broad SMARTS) is 1. The molecule has 0 bridgehead atoms. The van der Waals surface area contributed by atoms with Crippen LogP contribution in [-0.2, 0) is 9.59 Å². The van der Waals surface area contributed by atoms with Crippen molar-refractivity contribution in [3.8, 4) is 0 Å². The minimum Gasteiger partial charge on any atom is -0.478 e. The second-order valence-electron chi connectivity index (χ2n) is 1.46. The highest BCUT2D eigenvalue weighted by Crippen LogP contribution is 2.25. The Labute approximate surface area is 104 Å². The van der Waals surface area contributed by atoms with Crippen LogP contribution in [0.4, 0.5) is 0 Å². The molecule has 1 N–H and O–H groups in total. The van der Waals surface area contributed by atoms with Crippen molar-refractivity contribution in [3.05, 3.63) is 0 Å². The Hall–Kier alpha value is 0.880. The molecule has 0 atom stereocenters. The van der Waals surface area contributed by atoms with Crippen molar-refractivity contribution in [1.29, 1.82) is 0 Å². The molecule has 0 aliphatic heterocycles. The molecule has 0 heterocycles. The van der Waals surface area contributed by atoms with Gasteiger partial charge < -0.3 is 5.11 Å². The summed E-state index contributed by atoms with van der Waals surface area (Å²) in [6, 6.07) is 0. The zero-order valence-corrected chi connectivity index (χ0v) is 10.1. The van der Waals surface area contributed by atoms with Crippen LogP contribution in [0.3, 0.4) is 0 Å². The zero-order valence-electron chi connectivity index (χ0n) is 5.61. The Morgan fingerprint density at radius 1 is 1.08 bits per heavy atom. The van der Waals surface area contributed by atoms with Crippen LogP contribution in [0, 0.1) is 0 Å². The molecular weight excluding hydrogens is 309 g/mol. The van der Waals surface area contributed by atoms with Crippen molar-refractivity contribution in [2.45, 2.75) is 7.59 Å². The monoisotopic (exact) mass is 308 g/mol. The molecule has 0 aliphatic carbocycles. The topological polar surface area (TPSA) is 54.4 Å². The van der Waals surface area contributed by atoms with Crippen molar-refractivity contribution < 1.29 is 14.7 Å². The maximum Gasteiger partial charge on any atom is 0.356 e. The predicted octanol–water partition coefficient (Wildman–Crippen LogP) is 3.00. The van der Waals surface area contributed by atoms with E-state index < -0.39 is 13.6 Å². The van der Waals surface area contributed by atoms with Gasteiger partial charge in [0.25, 0.3) is 3.79 Å². The van der Waals surface area contributed by atoms with E-state index >= 15 is 0 Å². The number of carboxylic acids is 1. The quantitative estimate of drug-likeness (QED) is 0.553. The van der Waals surface area contributed by atoms with Crippen LogP contribution in [0.25, 0.3) is 0 Å². The van der Waals surface area contributed by atoms with Gasteiger partial charge in [0.1, 0.15) is 0 Å². The summed E-state index contributed by atoms with van der Waals surface area (Å²) in [4.78, 5) is 19.1. The highest BCUT2D eigenvalue weighted by Gasteiger charge is 2.29. The van der Waals surface area contributed by atoms with Crippen LogP contribution in [0.15, 0.2) is 0 Å². The van der Waals surface area contributed by atoms with Gasteiger partial charge in [-0.15, -0.1) is 0 Å². The van der Waals surface area contributed by atoms with Gasteiger partial charge in [0.15, 0.2) is 6.29 Å². The number of halogens is 6. The molecule has 0 rings (SSSR count). The van der Waals surface area contributed by atoms with Gasteiger partial charge in [-0.25, -0.2) is 4.79 Å². The predicted molar refractivity (Wildman–Crippen MR) is 54.3 cm³/mol. The van der Waals surface area contributed by atoms with E-state index in [4.69, 9.17) is 74.7 Å². The summed E-state index contributed by atoms with van der Waals surface area (Å²) in [6.45, 7) is 0. The third-order valence-corrected chi connectivity index (χ3v) is 1.13. The number of hydrogen-bond acceptors (Lipinski definition) is 2. The summed E-state index contributed by atoms with van der Waals surface area (Å²) in [6.07, 6.45) is 0.234. The first-order valence-corrected chi connectivity index (χ1v) is 4.60. The molecule has 0 unspecified atom stereocenters. The number of hydrogen-bond donors (Lipinski definition) is 1. The molecule has 0 spiro atoms. The molecule has 78 valence electrons. The number of carbonyl (C=O) groups excluding carboxylic acids is 1. The third-order valence-electron chi connectivity index (χ3n) is 0.376. The smallest absolute Gasteiger partial charge is 0.356 e. The van der Waals surface area contributed by atoms with Gasteiger partial charge in [-0.3, -0.25) is 4.79 Å². The Bertz CT molecular complexity index is 179. The van der Waals surface area contributed by atoms with Crippen molar-refractivity contribution in [3.63, 3.8) is 0 Å². The zero-order chi connectivity index (χ0) is 11.3. The van der Waals surface area contributed by atoms with Gasteiger partial charge in [0.05, 0.1) is 0 Å². The second kappa shape index (κ2) is 6.38. The van der Waals surface area contributed by atoms with Crippen molar-refractivity contribution in [1.82, 2.24) is 0 Å². The summed E-state index contributed by atoms with van der Waals surface area (Å²) in [5.74, 6) is -1.46. The van der Waals surface area contributed by atoms with E-state index in [0.717, 1.165) is 0 Å². The lowest BCUT2D eigenvalue weighted by molar-refractivity contribution is -0.135. The summed E-state index contributed by atoms with van der Waals surface area (Å²) >= 11 is 29.0. The standard InChI is InChI=1S/C2HCl3O2.C2HCl3O/c3-2(4,5)1(6)7;3-2(4,5)1-6/h(H,6,7);1H. The van der Waals surface area contributed by atoms with Crippen LogP contribution in [-0.4, -0.2) is 24.9 Å². The molecular formula is C4H2Cl6O3. The molecule has 0 aromatic heterocycles. The Morgan fingerprint density at radius 2 is 1.23 bits per heavy atom. The maximum absolute atomic E-state index is 9.62. The van der Waals surface area contributed by atoms with Crippen molar-refractivity contribution in [2.24, 2.45) is 0 Å². The lowest BCUT2D eigenvalue weighted by Gasteiger charge is -1.99. The molecule has 9 heteroatoms. The molecule has 0 aliphatic rings. The summed E-state index contributed by atoms with van der Waals surface area (Å²) in [5, 5.41) is 7.85. The Kier molecular flexibility index (Phi) is 8.01. The van der Waals surface area contributed by atoms with Crippen LogP contribution in [0.2, 0.25) is 0 Å². The third kappa shape index (κ3) is 15.6. The first-order valence-electron chi connectivity index (χ1n) is 2.34. The number of carbonyl (C=O) groups is 2. The van der Waals surface area contributed by atoms with Gasteiger partial charge in [-0.05, 0) is 0 Å². The van der Waals surface area contributed by atoms with Gasteiger partial charge in [0.2, 0.25) is 3.79 Å². The average Bonchev–Trinajstić information content (AvgIpc) is 1.85. The fourth-order valence-electron chi connectivity index (χ4n) is 0. The van der Waals surface area contributed by atoms with Gasteiger partial charge in [-0.1, -0.05) is 69.6 Å². The highest BCUT2D eigenvalue weighted by atomic mass is 35.6. The molecule has 13 heavy (non-hydrogen) atoms. The lowest BCUT2D eigenvalue weighted by atomic mass is 10.8. The van der Waals surface area contributed by atoms with Crippen LogP contribution in [0.1, 0.15) is 0 Å². The fraction of sp³-hybridized carbons (Fsp3) is 0.500. The fourth-order valence-corrected chi connectivity index (χ4v) is 0. The maximum atomic E-state index is 9.62. The highest BCUT2D eigenvalue weighted by molar-refractivity contribution is 6.75. The van der Waals surface area contributed by atoms with Gasteiger partial charge >= 0.3 is 5.97 Å². The molecule has 0 aromatic carbocycles. The molecule has 0 radical (unpaired) electrons. The largest absolute Gasteiger partial charge is 0.478 e. The number of aldehydes is 1. The summed E-state index contributed by atoms with van der Waals surface area (Å²) < 4.78 is -3.89. The van der Waals surface area contributed by atoms with E-state index in [9.17, 15) is 9.59 Å². The summed E-state index contributed by atoms with van der Waals surface area (Å²) in [7, 11) is 0. The SMILES string of the molecule is O=C(O)C(Cl)(Cl)Cl.O=CC(Cl)(Cl)Cl. The van der Waals surface area contributed by atoms with Crippen LogP contribution in [0.5, 0.6) is 0 Å². The minimum atomic E-state index is -2.17. The Balaban J connectivity index is 0. The Morgan fingerprint density at radius 3 is 1.23 bits per heavy atom. The van der Waals surface area contributed by atoms with Crippen molar-refractivity contribution >= 4 is 81.9 Å². The minimum absolute atomic E-state index is 0.234. The van der Waals surface area contributed by atoms with Gasteiger partial charge in [0, 0.05) is 0 Å². The first-order chi connectivity index (χ1) is 5.50. The molecule has 0 saturated carbocycles. The second-order valence-corrected chi connectivity index (χ2v) is 6.11. The van der Waals surface area contributed by atoms with E-state index in [2.05, 4.69) is 0 Å². The van der Waals surface area contributed by atoms with Crippen molar-refractivity contribution in [2.75, 3.05) is 0 Å². The normalized spacial score (nSPS) is 11.2. The van der Waals surface area contributed by atoms with Gasteiger partial charge in [-0.2, -0.15) is 0 Å². The average molecular weight is 311 g/mol. The van der Waals surface area contributed by atoms with E-state index in [-0.39, 0.29) is 6.29 Å². The molecule has 3 nitrogen and oxygen atoms in total. The summed E-state index contributed by atoms with van der Waals surface area (Å²) in [5.41, 5.74) is 0. The number of alkyl halides is 6. The van der Waals surface area contributed by atoms with E-state index in [1.54, 1.807) is 0 Å². The van der Waals surface area contributed by atoms with E-state index in [1.807, 2.05) is 0 Å². The molecule has 0 amide bonds. The van der Waals surface area contributed by atoms with Crippen LogP contribution < -0.4 is 0 Å². The molecule has 0 saturated heterocycles. The van der Waals surface area contributed by atoms with E-state index in [1.165, 1.54) is 0 Å².